The van der Waals surface area contributed by atoms with Crippen LogP contribution in [0.15, 0.2) is 0 Å². The van der Waals surface area contributed by atoms with Crippen LogP contribution in [0.4, 0.5) is 0 Å². The minimum absolute atomic E-state index is 0.282. The average Bonchev–Trinajstić information content (AvgIpc) is 3.02. The number of hydrogen-bond donors (Lipinski definition) is 1. The van der Waals surface area contributed by atoms with Crippen LogP contribution in [0.5, 0.6) is 0 Å². The van der Waals surface area contributed by atoms with Crippen molar-refractivity contribution in [2.45, 2.75) is 84.1 Å². The smallest absolute Gasteiger partial charge is 0.00967 e. The molecular weight excluding hydrogens is 230 g/mol. The molecule has 19 heavy (non-hydrogen) atoms. The molecule has 1 N–H and O–H groups in total. The van der Waals surface area contributed by atoms with E-state index in [9.17, 15) is 0 Å². The van der Waals surface area contributed by atoms with Crippen LogP contribution >= 0.6 is 0 Å². The zero-order valence-corrected chi connectivity index (χ0v) is 13.3. The summed E-state index contributed by atoms with van der Waals surface area (Å²) in [5.74, 6) is 3.31. The third-order valence-electron chi connectivity index (χ3n) is 6.24. The molecule has 3 unspecified atom stereocenters. The summed E-state index contributed by atoms with van der Waals surface area (Å²) in [6, 6.07) is 0. The van der Waals surface area contributed by atoms with Crippen LogP contribution in [-0.4, -0.2) is 12.1 Å². The lowest BCUT2D eigenvalue weighted by molar-refractivity contribution is 0.159. The second-order valence-corrected chi connectivity index (χ2v) is 8.95. The van der Waals surface area contributed by atoms with Crippen molar-refractivity contribution in [2.75, 3.05) is 6.54 Å². The van der Waals surface area contributed by atoms with Gasteiger partial charge in [0.05, 0.1) is 0 Å². The molecule has 110 valence electrons. The molecular formula is C18H33N. The van der Waals surface area contributed by atoms with Crippen LogP contribution in [0.25, 0.3) is 0 Å². The van der Waals surface area contributed by atoms with Crippen molar-refractivity contribution in [3.8, 4) is 0 Å². The topological polar surface area (TPSA) is 12.0 Å². The average molecular weight is 263 g/mol. The van der Waals surface area contributed by atoms with Crippen LogP contribution in [-0.2, 0) is 0 Å². The van der Waals surface area contributed by atoms with Gasteiger partial charge in [-0.25, -0.2) is 0 Å². The number of fused-ring (bicyclic) bond motifs is 2. The first-order valence-corrected chi connectivity index (χ1v) is 8.71. The second kappa shape index (κ2) is 5.06. The zero-order valence-electron chi connectivity index (χ0n) is 13.3. The fourth-order valence-corrected chi connectivity index (χ4v) is 5.21. The lowest BCUT2D eigenvalue weighted by Gasteiger charge is -2.37. The van der Waals surface area contributed by atoms with Crippen molar-refractivity contribution in [2.24, 2.45) is 23.2 Å². The van der Waals surface area contributed by atoms with E-state index in [-0.39, 0.29) is 5.54 Å². The highest BCUT2D eigenvalue weighted by Gasteiger charge is 2.44. The molecule has 3 atom stereocenters. The van der Waals surface area contributed by atoms with Gasteiger partial charge in [0.2, 0.25) is 0 Å². The summed E-state index contributed by atoms with van der Waals surface area (Å²) in [5.41, 5.74) is 0.937. The number of nitrogens with one attached hydrogen (secondary N) is 1. The number of rotatable bonds is 4. The van der Waals surface area contributed by atoms with Crippen molar-refractivity contribution in [3.63, 3.8) is 0 Å². The maximum atomic E-state index is 3.82. The second-order valence-electron chi connectivity index (χ2n) is 8.95. The Balaban J connectivity index is 1.60. The van der Waals surface area contributed by atoms with Gasteiger partial charge in [-0.2, -0.15) is 0 Å². The molecule has 3 aliphatic carbocycles. The maximum absolute atomic E-state index is 3.82. The van der Waals surface area contributed by atoms with E-state index in [0.29, 0.717) is 5.41 Å². The molecule has 0 heterocycles. The van der Waals surface area contributed by atoms with E-state index in [1.807, 2.05) is 0 Å². The summed E-state index contributed by atoms with van der Waals surface area (Å²) in [4.78, 5) is 0. The van der Waals surface area contributed by atoms with E-state index in [4.69, 9.17) is 0 Å². The van der Waals surface area contributed by atoms with Gasteiger partial charge in [0, 0.05) is 12.1 Å². The first-order chi connectivity index (χ1) is 8.96. The summed E-state index contributed by atoms with van der Waals surface area (Å²) >= 11 is 0. The standard InChI is InChI=1S/C18H33N/c1-17(2,3)19-13-18(8-4-5-9-18)12-16-11-14-6-7-15(16)10-14/h14-16,19H,4-13H2,1-3H3. The Bertz CT molecular complexity index is 308. The molecule has 1 heteroatoms. The largest absolute Gasteiger partial charge is 0.312 e. The summed E-state index contributed by atoms with van der Waals surface area (Å²) in [6.07, 6.45) is 13.7. The Hall–Kier alpha value is -0.0400. The summed E-state index contributed by atoms with van der Waals surface area (Å²) in [5, 5.41) is 3.82. The molecule has 0 aromatic rings. The normalized spacial score (nSPS) is 37.1. The van der Waals surface area contributed by atoms with E-state index < -0.39 is 0 Å². The Morgan fingerprint density at radius 3 is 2.32 bits per heavy atom. The van der Waals surface area contributed by atoms with Crippen molar-refractivity contribution in [1.29, 1.82) is 0 Å². The summed E-state index contributed by atoms with van der Waals surface area (Å²) < 4.78 is 0. The highest BCUT2D eigenvalue weighted by Crippen LogP contribution is 2.54. The van der Waals surface area contributed by atoms with Crippen LogP contribution < -0.4 is 5.32 Å². The zero-order chi connectivity index (χ0) is 13.5. The quantitative estimate of drug-likeness (QED) is 0.771. The predicted molar refractivity (Wildman–Crippen MR) is 82.2 cm³/mol. The van der Waals surface area contributed by atoms with Gasteiger partial charge in [-0.1, -0.05) is 19.3 Å². The van der Waals surface area contributed by atoms with Crippen molar-refractivity contribution < 1.29 is 0 Å². The first kappa shape index (κ1) is 13.9. The molecule has 3 aliphatic rings. The molecule has 3 fully saturated rings. The third-order valence-corrected chi connectivity index (χ3v) is 6.24. The molecule has 1 nitrogen and oxygen atoms in total. The van der Waals surface area contributed by atoms with Gasteiger partial charge in [-0.15, -0.1) is 0 Å². The molecule has 0 spiro atoms. The molecule has 3 saturated carbocycles. The molecule has 0 radical (unpaired) electrons. The van der Waals surface area contributed by atoms with E-state index in [1.54, 1.807) is 25.7 Å². The minimum Gasteiger partial charge on any atom is -0.312 e. The molecule has 0 amide bonds. The SMILES string of the molecule is CC(C)(C)NCC1(CC2CC3CCC2C3)CCCC1. The lowest BCUT2D eigenvalue weighted by atomic mass is 9.72. The van der Waals surface area contributed by atoms with Gasteiger partial charge in [0.1, 0.15) is 0 Å². The highest BCUT2D eigenvalue weighted by molar-refractivity contribution is 4.96. The van der Waals surface area contributed by atoms with Gasteiger partial charge in [-0.05, 0) is 82.5 Å². The van der Waals surface area contributed by atoms with E-state index >= 15 is 0 Å². The lowest BCUT2D eigenvalue weighted by Crippen LogP contribution is -2.44. The van der Waals surface area contributed by atoms with Gasteiger partial charge in [0.15, 0.2) is 0 Å². The fourth-order valence-electron chi connectivity index (χ4n) is 5.21. The monoisotopic (exact) mass is 263 g/mol. The Morgan fingerprint density at radius 1 is 1.05 bits per heavy atom. The molecule has 2 bridgehead atoms. The maximum Gasteiger partial charge on any atom is 0.00967 e. The molecule has 0 aromatic heterocycles. The molecule has 3 rings (SSSR count). The predicted octanol–water partition coefficient (Wildman–Crippen LogP) is 4.76. The van der Waals surface area contributed by atoms with Crippen LogP contribution in [0.2, 0.25) is 0 Å². The van der Waals surface area contributed by atoms with Gasteiger partial charge in [0.25, 0.3) is 0 Å². The summed E-state index contributed by atoms with van der Waals surface area (Å²) in [7, 11) is 0. The Kier molecular flexibility index (Phi) is 3.71. The van der Waals surface area contributed by atoms with E-state index in [2.05, 4.69) is 26.1 Å². The molecule has 0 saturated heterocycles. The number of hydrogen-bond acceptors (Lipinski definition) is 1. The van der Waals surface area contributed by atoms with Crippen molar-refractivity contribution in [3.05, 3.63) is 0 Å². The molecule has 0 aliphatic heterocycles. The minimum atomic E-state index is 0.282. The highest BCUT2D eigenvalue weighted by atomic mass is 15.0. The van der Waals surface area contributed by atoms with Gasteiger partial charge < -0.3 is 5.32 Å². The van der Waals surface area contributed by atoms with Crippen molar-refractivity contribution >= 4 is 0 Å². The van der Waals surface area contributed by atoms with E-state index in [0.717, 1.165) is 17.8 Å². The Labute approximate surface area is 119 Å². The van der Waals surface area contributed by atoms with E-state index in [1.165, 1.54) is 38.6 Å². The van der Waals surface area contributed by atoms with Crippen LogP contribution in [0.1, 0.15) is 78.6 Å². The first-order valence-electron chi connectivity index (χ1n) is 8.71. The van der Waals surface area contributed by atoms with Crippen LogP contribution in [0, 0.1) is 23.2 Å². The van der Waals surface area contributed by atoms with Crippen molar-refractivity contribution in [1.82, 2.24) is 5.32 Å². The Morgan fingerprint density at radius 2 is 1.79 bits per heavy atom. The fraction of sp³-hybridized carbons (Fsp3) is 1.00. The molecule has 0 aromatic carbocycles. The van der Waals surface area contributed by atoms with Gasteiger partial charge in [-0.3, -0.25) is 0 Å². The summed E-state index contributed by atoms with van der Waals surface area (Å²) in [6.45, 7) is 8.21. The van der Waals surface area contributed by atoms with Gasteiger partial charge >= 0.3 is 0 Å². The third kappa shape index (κ3) is 3.17. The van der Waals surface area contributed by atoms with Crippen LogP contribution in [0.3, 0.4) is 0 Å².